The minimum absolute atomic E-state index is 0.0644. The van der Waals surface area contributed by atoms with Gasteiger partial charge in [0.15, 0.2) is 11.4 Å². The van der Waals surface area contributed by atoms with E-state index in [2.05, 4.69) is 10.1 Å². The van der Waals surface area contributed by atoms with Gasteiger partial charge in [0.2, 0.25) is 10.0 Å². The predicted octanol–water partition coefficient (Wildman–Crippen LogP) is 1.48. The molecule has 0 bridgehead atoms. The van der Waals surface area contributed by atoms with Gasteiger partial charge >= 0.3 is 0 Å². The number of rotatable bonds is 3. The van der Waals surface area contributed by atoms with Gasteiger partial charge in [-0.1, -0.05) is 5.16 Å². The molecule has 7 nitrogen and oxygen atoms in total. The Kier molecular flexibility index (Phi) is 3.36. The van der Waals surface area contributed by atoms with Crippen molar-refractivity contribution in [1.29, 1.82) is 0 Å². The average Bonchev–Trinajstić information content (AvgIpc) is 3.25. The van der Waals surface area contributed by atoms with E-state index in [-0.39, 0.29) is 17.1 Å². The Hall–Kier alpha value is -1.64. The zero-order valence-electron chi connectivity index (χ0n) is 12.8. The summed E-state index contributed by atoms with van der Waals surface area (Å²) >= 11 is 0. The van der Waals surface area contributed by atoms with E-state index < -0.39 is 10.0 Å². The predicted molar refractivity (Wildman–Crippen MR) is 84.7 cm³/mol. The monoisotopic (exact) mass is 337 g/mol. The lowest BCUT2D eigenvalue weighted by Gasteiger charge is -2.37. The van der Waals surface area contributed by atoms with Gasteiger partial charge < -0.3 is 14.2 Å². The number of fused-ring (bicyclic) bond motifs is 1. The number of hydrogen-bond acceptors (Lipinski definition) is 6. The number of ether oxygens (including phenoxy) is 1. The molecule has 1 aromatic heterocycles. The topological polar surface area (TPSA) is 98.7 Å². The van der Waals surface area contributed by atoms with E-state index in [0.29, 0.717) is 29.2 Å². The van der Waals surface area contributed by atoms with E-state index in [1.54, 1.807) is 6.07 Å². The maximum absolute atomic E-state index is 11.6. The largest absolute Gasteiger partial charge is 0.371 e. The molecule has 1 aliphatic heterocycles. The molecule has 1 saturated carbocycles. The summed E-state index contributed by atoms with van der Waals surface area (Å²) in [5, 5.41) is 10.0. The number of hydrogen-bond donors (Lipinski definition) is 1. The van der Waals surface area contributed by atoms with Crippen LogP contribution in [0.4, 0.5) is 5.82 Å². The Balaban J connectivity index is 1.72. The van der Waals surface area contributed by atoms with E-state index in [0.717, 1.165) is 6.54 Å². The number of aromatic nitrogens is 1. The zero-order valence-corrected chi connectivity index (χ0v) is 13.6. The first-order chi connectivity index (χ1) is 10.9. The van der Waals surface area contributed by atoms with Crippen molar-refractivity contribution in [2.45, 2.75) is 36.9 Å². The lowest BCUT2D eigenvalue weighted by Crippen LogP contribution is -2.47. The molecular weight excluding hydrogens is 318 g/mol. The zero-order chi connectivity index (χ0) is 16.2. The fourth-order valence-electron chi connectivity index (χ4n) is 3.20. The number of nitrogens with zero attached hydrogens (tertiary/aromatic N) is 2. The molecule has 2 atom stereocenters. The Morgan fingerprint density at radius 3 is 2.78 bits per heavy atom. The van der Waals surface area contributed by atoms with Gasteiger partial charge in [-0.2, -0.15) is 0 Å². The van der Waals surface area contributed by atoms with Crippen molar-refractivity contribution < 1.29 is 17.7 Å². The van der Waals surface area contributed by atoms with Gasteiger partial charge in [0.05, 0.1) is 22.5 Å². The van der Waals surface area contributed by atoms with Crippen LogP contribution in [-0.4, -0.2) is 38.9 Å². The van der Waals surface area contributed by atoms with Gasteiger partial charge in [0.1, 0.15) is 0 Å². The summed E-state index contributed by atoms with van der Waals surface area (Å²) in [6.45, 7) is 3.49. The molecule has 2 aromatic rings. The first-order valence-electron chi connectivity index (χ1n) is 7.74. The van der Waals surface area contributed by atoms with Crippen LogP contribution in [0.2, 0.25) is 0 Å². The molecular formula is C15H19N3O4S. The maximum atomic E-state index is 11.6. The number of primary sulfonamides is 1. The van der Waals surface area contributed by atoms with Gasteiger partial charge in [-0.15, -0.1) is 0 Å². The van der Waals surface area contributed by atoms with Crippen molar-refractivity contribution >= 4 is 26.8 Å². The van der Waals surface area contributed by atoms with E-state index in [4.69, 9.17) is 14.4 Å². The standard InChI is InChI=1S/C15H19N3O4S/c1-9-7-18(8-14(21-9)10-2-3-10)15-12-6-11(23(16,19)20)4-5-13(12)22-17-15/h4-6,9-10,14H,2-3,7-8H2,1H3,(H2,16,19,20)/t9-,14+/m0/s1. The van der Waals surface area contributed by atoms with Crippen molar-refractivity contribution in [2.75, 3.05) is 18.0 Å². The number of anilines is 1. The Labute approximate surface area is 134 Å². The number of sulfonamides is 1. The Bertz CT molecular complexity index is 844. The molecule has 2 aliphatic rings. The van der Waals surface area contributed by atoms with Crippen molar-refractivity contribution in [1.82, 2.24) is 5.16 Å². The molecule has 1 aromatic carbocycles. The van der Waals surface area contributed by atoms with Crippen LogP contribution in [0.25, 0.3) is 11.0 Å². The number of nitrogens with two attached hydrogens (primary N) is 1. The molecule has 1 saturated heterocycles. The SMILES string of the molecule is C[C@H]1CN(c2noc3ccc(S(N)(=O)=O)cc23)C[C@H](C2CC2)O1. The molecule has 8 heteroatoms. The van der Waals surface area contributed by atoms with Crippen LogP contribution < -0.4 is 10.0 Å². The summed E-state index contributed by atoms with van der Waals surface area (Å²) in [5.74, 6) is 1.28. The minimum Gasteiger partial charge on any atom is -0.371 e. The van der Waals surface area contributed by atoms with Gasteiger partial charge in [0.25, 0.3) is 0 Å². The first-order valence-corrected chi connectivity index (χ1v) is 9.29. The smallest absolute Gasteiger partial charge is 0.238 e. The quantitative estimate of drug-likeness (QED) is 0.911. The summed E-state index contributed by atoms with van der Waals surface area (Å²) in [6, 6.07) is 4.55. The summed E-state index contributed by atoms with van der Waals surface area (Å²) in [4.78, 5) is 2.19. The highest BCUT2D eigenvalue weighted by Gasteiger charge is 2.38. The van der Waals surface area contributed by atoms with Gasteiger partial charge in [0, 0.05) is 13.1 Å². The van der Waals surface area contributed by atoms with Crippen LogP contribution in [0, 0.1) is 5.92 Å². The highest BCUT2D eigenvalue weighted by molar-refractivity contribution is 7.89. The summed E-state index contributed by atoms with van der Waals surface area (Å²) in [5.41, 5.74) is 0.550. The fraction of sp³-hybridized carbons (Fsp3) is 0.533. The van der Waals surface area contributed by atoms with E-state index in [1.807, 2.05) is 6.92 Å². The summed E-state index contributed by atoms with van der Waals surface area (Å²) in [7, 11) is -3.76. The molecule has 0 radical (unpaired) electrons. The van der Waals surface area contributed by atoms with Crippen molar-refractivity contribution in [3.05, 3.63) is 18.2 Å². The Morgan fingerprint density at radius 1 is 1.30 bits per heavy atom. The molecule has 0 amide bonds. The summed E-state index contributed by atoms with van der Waals surface area (Å²) < 4.78 is 34.5. The van der Waals surface area contributed by atoms with Crippen molar-refractivity contribution in [3.63, 3.8) is 0 Å². The van der Waals surface area contributed by atoms with Crippen LogP contribution in [-0.2, 0) is 14.8 Å². The lowest BCUT2D eigenvalue weighted by atomic mass is 10.1. The van der Waals surface area contributed by atoms with Crippen molar-refractivity contribution in [2.24, 2.45) is 11.1 Å². The van der Waals surface area contributed by atoms with Crippen molar-refractivity contribution in [3.8, 4) is 0 Å². The second kappa shape index (κ2) is 5.19. The highest BCUT2D eigenvalue weighted by Crippen LogP contribution is 2.38. The molecule has 2 N–H and O–H groups in total. The molecule has 2 fully saturated rings. The third-order valence-corrected chi connectivity index (χ3v) is 5.39. The minimum atomic E-state index is -3.76. The molecule has 23 heavy (non-hydrogen) atoms. The van der Waals surface area contributed by atoms with Crippen LogP contribution in [0.3, 0.4) is 0 Å². The second-order valence-electron chi connectivity index (χ2n) is 6.44. The van der Waals surface area contributed by atoms with Crippen LogP contribution in [0.5, 0.6) is 0 Å². The molecule has 2 heterocycles. The Morgan fingerprint density at radius 2 is 2.09 bits per heavy atom. The second-order valence-corrected chi connectivity index (χ2v) is 8.00. The third kappa shape index (κ3) is 2.82. The fourth-order valence-corrected chi connectivity index (χ4v) is 3.74. The number of morpholine rings is 1. The maximum Gasteiger partial charge on any atom is 0.238 e. The van der Waals surface area contributed by atoms with Crippen LogP contribution >= 0.6 is 0 Å². The normalized spacial score (nSPS) is 25.9. The number of benzene rings is 1. The van der Waals surface area contributed by atoms with E-state index in [9.17, 15) is 8.42 Å². The highest BCUT2D eigenvalue weighted by atomic mass is 32.2. The lowest BCUT2D eigenvalue weighted by molar-refractivity contribution is -0.0274. The van der Waals surface area contributed by atoms with Gasteiger partial charge in [-0.3, -0.25) is 0 Å². The van der Waals surface area contributed by atoms with Crippen LogP contribution in [0.1, 0.15) is 19.8 Å². The molecule has 4 rings (SSSR count). The van der Waals surface area contributed by atoms with Gasteiger partial charge in [-0.25, -0.2) is 13.6 Å². The van der Waals surface area contributed by atoms with Gasteiger partial charge in [-0.05, 0) is 43.9 Å². The van der Waals surface area contributed by atoms with E-state index >= 15 is 0 Å². The molecule has 0 spiro atoms. The average molecular weight is 337 g/mol. The molecule has 1 aliphatic carbocycles. The third-order valence-electron chi connectivity index (χ3n) is 4.48. The molecule has 0 unspecified atom stereocenters. The van der Waals surface area contributed by atoms with Crippen LogP contribution in [0.15, 0.2) is 27.6 Å². The molecule has 124 valence electrons. The van der Waals surface area contributed by atoms with E-state index in [1.165, 1.54) is 25.0 Å². The first kappa shape index (κ1) is 14.9. The summed E-state index contributed by atoms with van der Waals surface area (Å²) in [6.07, 6.45) is 2.72.